The molecule has 0 saturated carbocycles. The molecule has 0 aliphatic carbocycles. The van der Waals surface area contributed by atoms with Crippen molar-refractivity contribution < 1.29 is 9.18 Å². The number of hydrogen-bond acceptors (Lipinski definition) is 2. The summed E-state index contributed by atoms with van der Waals surface area (Å²) in [5.74, 6) is -0.0188. The Balaban J connectivity index is 1.57. The van der Waals surface area contributed by atoms with Crippen LogP contribution in [0.25, 0.3) is 0 Å². The maximum Gasteiger partial charge on any atom is 0.227 e. The van der Waals surface area contributed by atoms with Gasteiger partial charge in [-0.2, -0.15) is 0 Å². The van der Waals surface area contributed by atoms with Gasteiger partial charge in [0.25, 0.3) is 0 Å². The molecule has 4 heteroatoms. The number of anilines is 1. The van der Waals surface area contributed by atoms with Gasteiger partial charge in [0.1, 0.15) is 5.82 Å². The minimum Gasteiger partial charge on any atom is -0.325 e. The van der Waals surface area contributed by atoms with Gasteiger partial charge in [0, 0.05) is 23.7 Å². The van der Waals surface area contributed by atoms with Crippen molar-refractivity contribution in [1.29, 1.82) is 0 Å². The number of carbonyl (C=O) groups is 1. The highest BCUT2D eigenvalue weighted by Crippen LogP contribution is 2.25. The number of hydrogen-bond donors (Lipinski definition) is 1. The molecule has 2 aromatic rings. The second kappa shape index (κ2) is 8.45. The third-order valence-electron chi connectivity index (χ3n) is 5.30. The summed E-state index contributed by atoms with van der Waals surface area (Å²) < 4.78 is 13.8. The van der Waals surface area contributed by atoms with Gasteiger partial charge >= 0.3 is 0 Å². The molecule has 1 aliphatic rings. The Morgan fingerprint density at radius 1 is 1.12 bits per heavy atom. The van der Waals surface area contributed by atoms with Gasteiger partial charge in [-0.15, -0.1) is 0 Å². The van der Waals surface area contributed by atoms with Gasteiger partial charge in [-0.05, 0) is 56.5 Å². The average molecular weight is 354 g/mol. The van der Waals surface area contributed by atoms with Crippen molar-refractivity contribution in [2.24, 2.45) is 5.92 Å². The first-order chi connectivity index (χ1) is 12.6. The molecule has 0 radical (unpaired) electrons. The van der Waals surface area contributed by atoms with Crippen molar-refractivity contribution in [2.75, 3.05) is 18.4 Å². The highest BCUT2D eigenvalue weighted by atomic mass is 19.1. The molecule has 1 saturated heterocycles. The van der Waals surface area contributed by atoms with Crippen molar-refractivity contribution in [3.05, 3.63) is 65.0 Å². The van der Waals surface area contributed by atoms with Gasteiger partial charge < -0.3 is 5.32 Å². The Morgan fingerprint density at radius 3 is 2.50 bits per heavy atom. The number of amides is 1. The topological polar surface area (TPSA) is 32.3 Å². The molecule has 3 nitrogen and oxygen atoms in total. The van der Waals surface area contributed by atoms with Crippen molar-refractivity contribution in [3.63, 3.8) is 0 Å². The van der Waals surface area contributed by atoms with E-state index in [1.165, 1.54) is 11.6 Å². The van der Waals surface area contributed by atoms with Crippen LogP contribution in [-0.4, -0.2) is 23.9 Å². The zero-order valence-electron chi connectivity index (χ0n) is 15.6. The number of benzene rings is 2. The number of carbonyl (C=O) groups excluding carboxylic acids is 1. The predicted octanol–water partition coefficient (Wildman–Crippen LogP) is 4.55. The van der Waals surface area contributed by atoms with Crippen molar-refractivity contribution >= 4 is 11.6 Å². The lowest BCUT2D eigenvalue weighted by Gasteiger charge is -2.31. The van der Waals surface area contributed by atoms with Gasteiger partial charge in [-0.25, -0.2) is 4.39 Å². The van der Waals surface area contributed by atoms with E-state index in [1.54, 1.807) is 6.07 Å². The van der Waals surface area contributed by atoms with Crippen molar-refractivity contribution in [3.8, 4) is 0 Å². The normalized spacial score (nSPS) is 15.8. The minimum absolute atomic E-state index is 0.0242. The minimum atomic E-state index is -0.154. The van der Waals surface area contributed by atoms with Gasteiger partial charge in [-0.1, -0.05) is 43.3 Å². The summed E-state index contributed by atoms with van der Waals surface area (Å²) in [5, 5.41) is 3.16. The van der Waals surface area contributed by atoms with Crippen LogP contribution in [0, 0.1) is 18.7 Å². The molecule has 138 valence electrons. The summed E-state index contributed by atoms with van der Waals surface area (Å²) in [6.45, 7) is 6.39. The molecule has 26 heavy (non-hydrogen) atoms. The smallest absolute Gasteiger partial charge is 0.227 e. The number of piperidine rings is 1. The van der Waals surface area contributed by atoms with Crippen molar-refractivity contribution in [2.45, 2.75) is 39.7 Å². The summed E-state index contributed by atoms with van der Waals surface area (Å²) in [6.07, 6.45) is 2.53. The Labute approximate surface area is 155 Å². The quantitative estimate of drug-likeness (QED) is 0.854. The van der Waals surface area contributed by atoms with Crippen molar-refractivity contribution in [1.82, 2.24) is 4.90 Å². The standard InChI is InChI=1S/C22H27FN2O/c1-3-17-9-6-7-16(2)21(17)24-22(26)18-11-13-25(14-12-18)15-19-8-4-5-10-20(19)23/h4-10,18H,3,11-15H2,1-2H3,(H,24,26). The monoisotopic (exact) mass is 354 g/mol. The van der Waals surface area contributed by atoms with Crippen LogP contribution in [0.1, 0.15) is 36.5 Å². The number of aryl methyl sites for hydroxylation is 2. The largest absolute Gasteiger partial charge is 0.325 e. The number of nitrogens with one attached hydrogen (secondary N) is 1. The highest BCUT2D eigenvalue weighted by molar-refractivity contribution is 5.94. The zero-order valence-corrected chi connectivity index (χ0v) is 15.6. The maximum absolute atomic E-state index is 13.8. The van der Waals surface area contributed by atoms with Crippen LogP contribution in [0.15, 0.2) is 42.5 Å². The second-order valence-electron chi connectivity index (χ2n) is 7.09. The predicted molar refractivity (Wildman–Crippen MR) is 104 cm³/mol. The Kier molecular flexibility index (Phi) is 6.04. The summed E-state index contributed by atoms with van der Waals surface area (Å²) >= 11 is 0. The Morgan fingerprint density at radius 2 is 1.81 bits per heavy atom. The Hall–Kier alpha value is -2.20. The number of halogens is 1. The first kappa shape index (κ1) is 18.6. The lowest BCUT2D eigenvalue weighted by atomic mass is 9.95. The highest BCUT2D eigenvalue weighted by Gasteiger charge is 2.26. The van der Waals surface area contributed by atoms with Crippen LogP contribution in [0.3, 0.4) is 0 Å². The molecular weight excluding hydrogens is 327 g/mol. The first-order valence-electron chi connectivity index (χ1n) is 9.43. The molecule has 0 atom stereocenters. The molecule has 3 rings (SSSR count). The first-order valence-corrected chi connectivity index (χ1v) is 9.43. The third kappa shape index (κ3) is 4.31. The fourth-order valence-electron chi connectivity index (χ4n) is 3.65. The SMILES string of the molecule is CCc1cccc(C)c1NC(=O)C1CCN(Cc2ccccc2F)CC1. The van der Waals surface area contributed by atoms with E-state index < -0.39 is 0 Å². The molecule has 0 spiro atoms. The van der Waals surface area contributed by atoms with E-state index in [9.17, 15) is 9.18 Å². The molecule has 2 aromatic carbocycles. The molecule has 1 amide bonds. The lowest BCUT2D eigenvalue weighted by Crippen LogP contribution is -2.38. The molecule has 1 fully saturated rings. The molecular formula is C22H27FN2O. The number of nitrogens with zero attached hydrogens (tertiary/aromatic N) is 1. The number of para-hydroxylation sites is 1. The summed E-state index contributed by atoms with van der Waals surface area (Å²) in [4.78, 5) is 14.9. The maximum atomic E-state index is 13.8. The third-order valence-corrected chi connectivity index (χ3v) is 5.30. The van der Waals surface area contributed by atoms with Gasteiger partial charge in [0.05, 0.1) is 0 Å². The number of rotatable bonds is 5. The average Bonchev–Trinajstić information content (AvgIpc) is 2.65. The van der Waals surface area contributed by atoms with Crippen LogP contribution in [-0.2, 0) is 17.8 Å². The van der Waals surface area contributed by atoms with Gasteiger partial charge in [0.15, 0.2) is 0 Å². The summed E-state index contributed by atoms with van der Waals surface area (Å²) in [5.41, 5.74) is 3.97. The van der Waals surface area contributed by atoms with E-state index in [1.807, 2.05) is 31.2 Å². The summed E-state index contributed by atoms with van der Waals surface area (Å²) in [6, 6.07) is 13.1. The van der Waals surface area contributed by atoms with E-state index in [0.29, 0.717) is 6.54 Å². The molecule has 1 aliphatic heterocycles. The summed E-state index contributed by atoms with van der Waals surface area (Å²) in [7, 11) is 0. The molecule has 0 bridgehead atoms. The van der Waals surface area contributed by atoms with E-state index in [-0.39, 0.29) is 17.6 Å². The van der Waals surface area contributed by atoms with Gasteiger partial charge in [-0.3, -0.25) is 9.69 Å². The molecule has 0 unspecified atom stereocenters. The van der Waals surface area contributed by atoms with Crippen LogP contribution in [0.5, 0.6) is 0 Å². The van der Waals surface area contributed by atoms with Gasteiger partial charge in [0.2, 0.25) is 5.91 Å². The van der Waals surface area contributed by atoms with Crippen LogP contribution in [0.2, 0.25) is 0 Å². The zero-order chi connectivity index (χ0) is 18.5. The van der Waals surface area contributed by atoms with E-state index >= 15 is 0 Å². The lowest BCUT2D eigenvalue weighted by molar-refractivity contribution is -0.121. The molecule has 0 aromatic heterocycles. The Bertz CT molecular complexity index is 766. The van der Waals surface area contributed by atoms with Crippen LogP contribution < -0.4 is 5.32 Å². The fourth-order valence-corrected chi connectivity index (χ4v) is 3.65. The molecule has 1 N–H and O–H groups in total. The van der Waals surface area contributed by atoms with E-state index in [0.717, 1.165) is 49.2 Å². The van der Waals surface area contributed by atoms with Crippen LogP contribution in [0.4, 0.5) is 10.1 Å². The second-order valence-corrected chi connectivity index (χ2v) is 7.09. The van der Waals surface area contributed by atoms with Crippen LogP contribution >= 0.6 is 0 Å². The number of likely N-dealkylation sites (tertiary alicyclic amines) is 1. The molecule has 1 heterocycles. The fraction of sp³-hybridized carbons (Fsp3) is 0.409. The van der Waals surface area contributed by atoms with E-state index in [4.69, 9.17) is 0 Å². The van der Waals surface area contributed by atoms with E-state index in [2.05, 4.69) is 23.2 Å².